The molecule has 9 aromatic rings. The minimum Gasteiger partial charge on any atom is -0.311 e. The van der Waals surface area contributed by atoms with Crippen LogP contribution < -0.4 is 9.80 Å². The topological polar surface area (TPSA) is 6.48 Å². The van der Waals surface area contributed by atoms with Crippen LogP contribution in [0.1, 0.15) is 25.0 Å². The number of rotatable bonds is 9. The quantitative estimate of drug-likeness (QED) is 0.145. The first-order chi connectivity index (χ1) is 29.0. The van der Waals surface area contributed by atoms with Gasteiger partial charge in [-0.1, -0.05) is 166 Å². The van der Waals surface area contributed by atoms with Crippen LogP contribution in [0.15, 0.2) is 231 Å². The van der Waals surface area contributed by atoms with Crippen LogP contribution in [0.3, 0.4) is 0 Å². The predicted octanol–water partition coefficient (Wildman–Crippen LogP) is 15.9. The van der Waals surface area contributed by atoms with Crippen molar-refractivity contribution in [2.75, 3.05) is 9.80 Å². The molecule has 2 nitrogen and oxygen atoms in total. The van der Waals surface area contributed by atoms with Crippen molar-refractivity contribution in [3.8, 4) is 44.5 Å². The molecule has 282 valence electrons. The van der Waals surface area contributed by atoms with Gasteiger partial charge in [-0.3, -0.25) is 0 Å². The molecule has 0 spiro atoms. The Kier molecular flexibility index (Phi) is 9.24. The molecule has 0 saturated heterocycles. The van der Waals surface area contributed by atoms with E-state index in [0.29, 0.717) is 0 Å². The summed E-state index contributed by atoms with van der Waals surface area (Å²) in [7, 11) is 0. The molecule has 0 unspecified atom stereocenters. The molecular formula is C57H44N2. The molecule has 0 bridgehead atoms. The summed E-state index contributed by atoms with van der Waals surface area (Å²) in [6.07, 6.45) is 0. The second kappa shape index (κ2) is 15.2. The molecular weight excluding hydrogens is 713 g/mol. The van der Waals surface area contributed by atoms with E-state index in [4.69, 9.17) is 0 Å². The Morgan fingerprint density at radius 1 is 0.254 bits per heavy atom. The molecule has 0 aliphatic heterocycles. The van der Waals surface area contributed by atoms with Crippen LogP contribution in [0, 0.1) is 0 Å². The molecule has 1 aliphatic rings. The highest BCUT2D eigenvalue weighted by molar-refractivity contribution is 5.87. The van der Waals surface area contributed by atoms with E-state index in [9.17, 15) is 0 Å². The van der Waals surface area contributed by atoms with Gasteiger partial charge in [0.1, 0.15) is 0 Å². The number of hydrogen-bond acceptors (Lipinski definition) is 2. The van der Waals surface area contributed by atoms with Crippen LogP contribution in [0.5, 0.6) is 0 Å². The smallest absolute Gasteiger partial charge is 0.0465 e. The largest absolute Gasteiger partial charge is 0.311 e. The van der Waals surface area contributed by atoms with Gasteiger partial charge in [-0.2, -0.15) is 0 Å². The zero-order chi connectivity index (χ0) is 39.8. The number of hydrogen-bond donors (Lipinski definition) is 0. The van der Waals surface area contributed by atoms with Crippen molar-refractivity contribution in [3.63, 3.8) is 0 Å². The van der Waals surface area contributed by atoms with E-state index in [0.717, 1.165) is 34.1 Å². The van der Waals surface area contributed by atoms with Crippen LogP contribution in [-0.4, -0.2) is 0 Å². The average molecular weight is 757 g/mol. The van der Waals surface area contributed by atoms with Crippen LogP contribution >= 0.6 is 0 Å². The third kappa shape index (κ3) is 6.79. The van der Waals surface area contributed by atoms with Crippen LogP contribution in [0.4, 0.5) is 34.1 Å². The van der Waals surface area contributed by atoms with Crippen molar-refractivity contribution < 1.29 is 0 Å². The van der Waals surface area contributed by atoms with Gasteiger partial charge in [0.25, 0.3) is 0 Å². The molecule has 10 rings (SSSR count). The average Bonchev–Trinajstić information content (AvgIpc) is 3.53. The fourth-order valence-electron chi connectivity index (χ4n) is 8.76. The van der Waals surface area contributed by atoms with E-state index in [1.54, 1.807) is 0 Å². The fraction of sp³-hybridized carbons (Fsp3) is 0.0526. The van der Waals surface area contributed by atoms with Crippen molar-refractivity contribution in [2.45, 2.75) is 19.3 Å². The summed E-state index contributed by atoms with van der Waals surface area (Å²) in [6.45, 7) is 4.73. The predicted molar refractivity (Wildman–Crippen MR) is 250 cm³/mol. The van der Waals surface area contributed by atoms with Crippen LogP contribution in [0.2, 0.25) is 0 Å². The van der Waals surface area contributed by atoms with Crippen molar-refractivity contribution in [2.24, 2.45) is 0 Å². The molecule has 0 saturated carbocycles. The van der Waals surface area contributed by atoms with E-state index in [1.165, 1.54) is 55.6 Å². The lowest BCUT2D eigenvalue weighted by Gasteiger charge is -2.28. The van der Waals surface area contributed by atoms with Gasteiger partial charge < -0.3 is 9.80 Å². The molecule has 0 heterocycles. The van der Waals surface area contributed by atoms with Crippen LogP contribution in [-0.2, 0) is 5.41 Å². The highest BCUT2D eigenvalue weighted by Gasteiger charge is 2.36. The number of nitrogens with zero attached hydrogens (tertiary/aromatic N) is 2. The van der Waals surface area contributed by atoms with Crippen molar-refractivity contribution in [1.29, 1.82) is 0 Å². The summed E-state index contributed by atoms with van der Waals surface area (Å²) in [5.41, 5.74) is 19.3. The monoisotopic (exact) mass is 756 g/mol. The minimum atomic E-state index is -0.152. The summed E-state index contributed by atoms with van der Waals surface area (Å²) in [4.78, 5) is 4.64. The van der Waals surface area contributed by atoms with Crippen LogP contribution in [0.25, 0.3) is 44.5 Å². The van der Waals surface area contributed by atoms with E-state index < -0.39 is 0 Å². The SMILES string of the molecule is CC1(C)c2cc(-c3ccc(-c4ccc(-c5ccc(N(c6ccccc6)c6ccccc6)cc5)cc4)cc3)ccc2-c2ccc(N(c3ccccc3)c3ccccc3)cc21. The first kappa shape index (κ1) is 36.0. The summed E-state index contributed by atoms with van der Waals surface area (Å²) < 4.78 is 0. The number of fused-ring (bicyclic) bond motifs is 3. The van der Waals surface area contributed by atoms with Gasteiger partial charge in [0.05, 0.1) is 0 Å². The normalized spacial score (nSPS) is 12.4. The minimum absolute atomic E-state index is 0.152. The van der Waals surface area contributed by atoms with E-state index in [2.05, 4.69) is 254 Å². The Bertz CT molecular complexity index is 2770. The van der Waals surface area contributed by atoms with E-state index >= 15 is 0 Å². The molecule has 2 heteroatoms. The molecule has 59 heavy (non-hydrogen) atoms. The molecule has 0 radical (unpaired) electrons. The molecule has 0 fully saturated rings. The highest BCUT2D eigenvalue weighted by atomic mass is 15.1. The Hall–Kier alpha value is -7.42. The zero-order valence-electron chi connectivity index (χ0n) is 33.3. The Balaban J connectivity index is 0.880. The van der Waals surface area contributed by atoms with Gasteiger partial charge >= 0.3 is 0 Å². The zero-order valence-corrected chi connectivity index (χ0v) is 33.3. The van der Waals surface area contributed by atoms with Gasteiger partial charge in [-0.05, 0) is 134 Å². The molecule has 0 atom stereocenters. The summed E-state index contributed by atoms with van der Waals surface area (Å²) in [5, 5.41) is 0. The lowest BCUT2D eigenvalue weighted by atomic mass is 9.81. The highest BCUT2D eigenvalue weighted by Crippen LogP contribution is 2.51. The molecule has 9 aromatic carbocycles. The molecule has 1 aliphatic carbocycles. The summed E-state index contributed by atoms with van der Waals surface area (Å²) >= 11 is 0. The maximum atomic E-state index is 2.41. The fourth-order valence-corrected chi connectivity index (χ4v) is 8.76. The first-order valence-electron chi connectivity index (χ1n) is 20.4. The van der Waals surface area contributed by atoms with Gasteiger partial charge in [0, 0.05) is 39.5 Å². The van der Waals surface area contributed by atoms with Gasteiger partial charge in [0.15, 0.2) is 0 Å². The molecule has 0 amide bonds. The lowest BCUT2D eigenvalue weighted by molar-refractivity contribution is 0.660. The first-order valence-corrected chi connectivity index (χ1v) is 20.4. The summed E-state index contributed by atoms with van der Waals surface area (Å²) in [5.74, 6) is 0. The lowest BCUT2D eigenvalue weighted by Crippen LogP contribution is -2.16. The van der Waals surface area contributed by atoms with Gasteiger partial charge in [-0.15, -0.1) is 0 Å². The standard InChI is InChI=1S/C57H44N2/c1-57(2)55-39-46(33-37-53(55)54-38-36-52(40-56(54)57)59(49-19-11-5-12-20-49)50-21-13-6-14-22-50)45-29-27-42(28-30-45)41-23-25-43(26-24-41)44-31-34-51(35-32-44)58(47-15-7-3-8-16-47)48-17-9-4-10-18-48/h3-40H,1-2H3. The van der Waals surface area contributed by atoms with Gasteiger partial charge in [-0.25, -0.2) is 0 Å². The Morgan fingerprint density at radius 3 is 0.932 bits per heavy atom. The van der Waals surface area contributed by atoms with Crippen molar-refractivity contribution in [1.82, 2.24) is 0 Å². The second-order valence-corrected chi connectivity index (χ2v) is 15.8. The van der Waals surface area contributed by atoms with Gasteiger partial charge in [0.2, 0.25) is 0 Å². The third-order valence-electron chi connectivity index (χ3n) is 11.9. The van der Waals surface area contributed by atoms with Crippen molar-refractivity contribution >= 4 is 34.1 Å². The molecule has 0 aromatic heterocycles. The Labute approximate surface area is 347 Å². The maximum absolute atomic E-state index is 2.41. The van der Waals surface area contributed by atoms with E-state index in [-0.39, 0.29) is 5.41 Å². The Morgan fingerprint density at radius 2 is 0.525 bits per heavy atom. The number of anilines is 6. The van der Waals surface area contributed by atoms with Crippen molar-refractivity contribution in [3.05, 3.63) is 242 Å². The molecule has 0 N–H and O–H groups in total. The third-order valence-corrected chi connectivity index (χ3v) is 11.9. The second-order valence-electron chi connectivity index (χ2n) is 15.8. The maximum Gasteiger partial charge on any atom is 0.0465 e. The van der Waals surface area contributed by atoms with E-state index in [1.807, 2.05) is 0 Å². The summed E-state index contributed by atoms with van der Waals surface area (Å²) in [6, 6.07) is 83.2. The number of para-hydroxylation sites is 4. The number of benzene rings is 9.